The molecule has 20 heavy (non-hydrogen) atoms. The number of ketones is 1. The van der Waals surface area contributed by atoms with E-state index in [-0.39, 0.29) is 11.8 Å². The minimum atomic E-state index is -0.151. The Hall–Kier alpha value is -1.19. The fraction of sp³-hybridized carbons (Fsp3) is 0.588. The van der Waals surface area contributed by atoms with Gasteiger partial charge in [-0.15, -0.1) is 0 Å². The number of hydrogen-bond donors (Lipinski definition) is 1. The van der Waals surface area contributed by atoms with Gasteiger partial charge in [-0.2, -0.15) is 0 Å². The molecule has 0 fully saturated rings. The number of carbonyl (C=O) groups is 1. The van der Waals surface area contributed by atoms with Gasteiger partial charge in [-0.25, -0.2) is 0 Å². The zero-order valence-corrected chi connectivity index (χ0v) is 13.1. The topological polar surface area (TPSA) is 38.3 Å². The highest BCUT2D eigenvalue weighted by Crippen LogP contribution is 2.15. The lowest BCUT2D eigenvalue weighted by atomic mass is 9.99. The third-order valence-corrected chi connectivity index (χ3v) is 3.38. The lowest BCUT2D eigenvalue weighted by Crippen LogP contribution is -2.35. The van der Waals surface area contributed by atoms with Crippen molar-refractivity contribution in [1.29, 1.82) is 0 Å². The van der Waals surface area contributed by atoms with Crippen LogP contribution in [0, 0.1) is 0 Å². The number of rotatable bonds is 9. The van der Waals surface area contributed by atoms with Crippen LogP contribution < -0.4 is 5.32 Å². The van der Waals surface area contributed by atoms with E-state index in [9.17, 15) is 4.79 Å². The lowest BCUT2D eigenvalue weighted by molar-refractivity contribution is 0.0946. The van der Waals surface area contributed by atoms with E-state index < -0.39 is 0 Å². The summed E-state index contributed by atoms with van der Waals surface area (Å²) in [6, 6.07) is 7.78. The largest absolute Gasteiger partial charge is 0.382 e. The average Bonchev–Trinajstić information content (AvgIpc) is 2.46. The highest BCUT2D eigenvalue weighted by Gasteiger charge is 2.14. The molecule has 1 aromatic carbocycles. The maximum absolute atomic E-state index is 12.3. The van der Waals surface area contributed by atoms with Crippen LogP contribution in [0.2, 0.25) is 0 Å². The smallest absolute Gasteiger partial charge is 0.179 e. The van der Waals surface area contributed by atoms with Gasteiger partial charge in [-0.1, -0.05) is 38.1 Å². The van der Waals surface area contributed by atoms with Crippen molar-refractivity contribution in [1.82, 2.24) is 5.32 Å². The standard InChI is InChI=1S/C17H27NO2/c1-5-20-12-6-11-18-14(4)17(19)16-9-7-15(8-10-16)13(2)3/h7-10,13-14,18H,5-6,11-12H2,1-4H3. The summed E-state index contributed by atoms with van der Waals surface area (Å²) >= 11 is 0. The quantitative estimate of drug-likeness (QED) is 0.555. The van der Waals surface area contributed by atoms with Crippen LogP contribution in [0.15, 0.2) is 24.3 Å². The second-order valence-corrected chi connectivity index (χ2v) is 5.37. The predicted molar refractivity (Wildman–Crippen MR) is 83.4 cm³/mol. The molecular formula is C17H27NO2. The zero-order chi connectivity index (χ0) is 15.0. The first-order valence-corrected chi connectivity index (χ1v) is 7.51. The SMILES string of the molecule is CCOCCCNC(C)C(=O)c1ccc(C(C)C)cc1. The van der Waals surface area contributed by atoms with E-state index in [0.717, 1.165) is 31.7 Å². The van der Waals surface area contributed by atoms with Gasteiger partial charge in [0.2, 0.25) is 0 Å². The molecule has 1 aromatic rings. The van der Waals surface area contributed by atoms with Crippen molar-refractivity contribution < 1.29 is 9.53 Å². The van der Waals surface area contributed by atoms with Crippen LogP contribution in [-0.4, -0.2) is 31.6 Å². The van der Waals surface area contributed by atoms with E-state index in [4.69, 9.17) is 4.74 Å². The summed E-state index contributed by atoms with van der Waals surface area (Å²) < 4.78 is 5.27. The van der Waals surface area contributed by atoms with Crippen molar-refractivity contribution >= 4 is 5.78 Å². The highest BCUT2D eigenvalue weighted by atomic mass is 16.5. The molecule has 3 heteroatoms. The Morgan fingerprint density at radius 3 is 2.40 bits per heavy atom. The molecular weight excluding hydrogens is 250 g/mol. The molecule has 0 amide bonds. The van der Waals surface area contributed by atoms with Gasteiger partial charge in [0.15, 0.2) is 5.78 Å². The van der Waals surface area contributed by atoms with Crippen LogP contribution in [-0.2, 0) is 4.74 Å². The van der Waals surface area contributed by atoms with E-state index in [1.165, 1.54) is 5.56 Å². The van der Waals surface area contributed by atoms with Crippen LogP contribution in [0.5, 0.6) is 0 Å². The minimum Gasteiger partial charge on any atom is -0.382 e. The molecule has 0 bridgehead atoms. The minimum absolute atomic E-state index is 0.150. The van der Waals surface area contributed by atoms with Crippen LogP contribution in [0.25, 0.3) is 0 Å². The first kappa shape index (κ1) is 16.9. The molecule has 0 aromatic heterocycles. The Bertz CT molecular complexity index is 398. The van der Waals surface area contributed by atoms with Gasteiger partial charge < -0.3 is 10.1 Å². The summed E-state index contributed by atoms with van der Waals surface area (Å²) in [6.45, 7) is 10.5. The second kappa shape index (κ2) is 8.88. The number of ether oxygens (including phenoxy) is 1. The fourth-order valence-corrected chi connectivity index (χ4v) is 2.01. The van der Waals surface area contributed by atoms with Crippen LogP contribution in [0.3, 0.4) is 0 Å². The van der Waals surface area contributed by atoms with Gasteiger partial charge in [-0.05, 0) is 38.3 Å². The van der Waals surface area contributed by atoms with Gasteiger partial charge in [-0.3, -0.25) is 4.79 Å². The van der Waals surface area contributed by atoms with Crippen LogP contribution in [0.1, 0.15) is 56.0 Å². The molecule has 0 saturated heterocycles. The van der Waals surface area contributed by atoms with E-state index in [1.807, 2.05) is 38.1 Å². The summed E-state index contributed by atoms with van der Waals surface area (Å²) in [6.07, 6.45) is 0.928. The van der Waals surface area contributed by atoms with Crippen molar-refractivity contribution in [3.05, 3.63) is 35.4 Å². The second-order valence-electron chi connectivity index (χ2n) is 5.37. The van der Waals surface area contributed by atoms with E-state index in [2.05, 4.69) is 19.2 Å². The fourth-order valence-electron chi connectivity index (χ4n) is 2.01. The van der Waals surface area contributed by atoms with Crippen molar-refractivity contribution in [2.24, 2.45) is 0 Å². The normalized spacial score (nSPS) is 12.7. The Morgan fingerprint density at radius 1 is 1.20 bits per heavy atom. The van der Waals surface area contributed by atoms with Gasteiger partial charge in [0.05, 0.1) is 6.04 Å². The molecule has 3 nitrogen and oxygen atoms in total. The molecule has 112 valence electrons. The molecule has 1 atom stereocenters. The number of Topliss-reactive ketones (excluding diaryl/α,β-unsaturated/α-hetero) is 1. The third kappa shape index (κ3) is 5.43. The highest BCUT2D eigenvalue weighted by molar-refractivity contribution is 5.99. The van der Waals surface area contributed by atoms with Crippen molar-refractivity contribution in [3.8, 4) is 0 Å². The summed E-state index contributed by atoms with van der Waals surface area (Å²) in [5.41, 5.74) is 2.04. The molecule has 1 N–H and O–H groups in total. The molecule has 0 aliphatic heterocycles. The van der Waals surface area contributed by atoms with Gasteiger partial charge in [0, 0.05) is 18.8 Å². The third-order valence-electron chi connectivity index (χ3n) is 3.38. The summed E-state index contributed by atoms with van der Waals surface area (Å²) in [5.74, 6) is 0.644. The molecule has 0 heterocycles. The first-order valence-electron chi connectivity index (χ1n) is 7.51. The van der Waals surface area contributed by atoms with Crippen molar-refractivity contribution in [2.45, 2.75) is 46.1 Å². The van der Waals surface area contributed by atoms with Crippen molar-refractivity contribution in [2.75, 3.05) is 19.8 Å². The molecule has 1 unspecified atom stereocenters. The molecule has 0 aliphatic carbocycles. The Kier molecular flexibility index (Phi) is 7.48. The maximum Gasteiger partial charge on any atom is 0.179 e. The number of carbonyl (C=O) groups excluding carboxylic acids is 1. The first-order chi connectivity index (χ1) is 9.56. The van der Waals surface area contributed by atoms with Crippen molar-refractivity contribution in [3.63, 3.8) is 0 Å². The zero-order valence-electron chi connectivity index (χ0n) is 13.1. The Morgan fingerprint density at radius 2 is 1.85 bits per heavy atom. The van der Waals surface area contributed by atoms with E-state index in [0.29, 0.717) is 5.92 Å². The van der Waals surface area contributed by atoms with E-state index >= 15 is 0 Å². The summed E-state index contributed by atoms with van der Waals surface area (Å²) in [4.78, 5) is 12.3. The van der Waals surface area contributed by atoms with Gasteiger partial charge >= 0.3 is 0 Å². The Balaban J connectivity index is 2.43. The average molecular weight is 277 g/mol. The van der Waals surface area contributed by atoms with Gasteiger partial charge in [0.25, 0.3) is 0 Å². The summed E-state index contributed by atoms with van der Waals surface area (Å²) in [7, 11) is 0. The summed E-state index contributed by atoms with van der Waals surface area (Å²) in [5, 5.41) is 3.25. The van der Waals surface area contributed by atoms with Crippen LogP contribution in [0.4, 0.5) is 0 Å². The molecule has 0 aliphatic rings. The molecule has 0 radical (unpaired) electrons. The monoisotopic (exact) mass is 277 g/mol. The molecule has 1 rings (SSSR count). The predicted octanol–water partition coefficient (Wildman–Crippen LogP) is 3.40. The lowest BCUT2D eigenvalue weighted by Gasteiger charge is -2.13. The molecule has 0 spiro atoms. The Labute approximate surface area is 122 Å². The number of benzene rings is 1. The van der Waals surface area contributed by atoms with E-state index in [1.54, 1.807) is 0 Å². The number of hydrogen-bond acceptors (Lipinski definition) is 3. The maximum atomic E-state index is 12.3. The molecule has 0 saturated carbocycles. The van der Waals surface area contributed by atoms with Crippen LogP contribution >= 0.6 is 0 Å². The number of nitrogens with one attached hydrogen (secondary N) is 1. The van der Waals surface area contributed by atoms with Gasteiger partial charge in [0.1, 0.15) is 0 Å².